The van der Waals surface area contributed by atoms with Crippen molar-refractivity contribution in [3.63, 3.8) is 0 Å². The van der Waals surface area contributed by atoms with Crippen LogP contribution in [0.15, 0.2) is 18.2 Å². The maximum absolute atomic E-state index is 11.1. The van der Waals surface area contributed by atoms with Crippen LogP contribution in [0.1, 0.15) is 31.1 Å². The molecule has 0 aliphatic heterocycles. The highest BCUT2D eigenvalue weighted by Crippen LogP contribution is 2.22. The number of halogens is 1. The van der Waals surface area contributed by atoms with Gasteiger partial charge >= 0.3 is 5.97 Å². The molecule has 0 amide bonds. The molecule has 0 bridgehead atoms. The molecule has 1 aromatic rings. The van der Waals surface area contributed by atoms with E-state index in [0.717, 1.165) is 0 Å². The van der Waals surface area contributed by atoms with Crippen molar-refractivity contribution < 1.29 is 14.6 Å². The van der Waals surface area contributed by atoms with Crippen LogP contribution in [0.2, 0.25) is 5.02 Å². The number of carboxylic acids is 1. The van der Waals surface area contributed by atoms with Gasteiger partial charge in [0.15, 0.2) is 0 Å². The van der Waals surface area contributed by atoms with Gasteiger partial charge in [-0.25, -0.2) is 4.79 Å². The summed E-state index contributed by atoms with van der Waals surface area (Å²) in [5.74, 6) is -1.01. The van der Waals surface area contributed by atoms with Gasteiger partial charge in [-0.2, -0.15) is 0 Å². The molecule has 0 heterocycles. The molecule has 0 aromatic heterocycles. The molecule has 2 N–H and O–H groups in total. The fourth-order valence-corrected chi connectivity index (χ4v) is 1.77. The monoisotopic (exact) mass is 271 g/mol. The molecule has 0 saturated carbocycles. The van der Waals surface area contributed by atoms with Gasteiger partial charge in [-0.3, -0.25) is 0 Å². The average Bonchev–Trinajstić information content (AvgIpc) is 2.27. The van der Waals surface area contributed by atoms with E-state index in [1.54, 1.807) is 12.1 Å². The molecular weight excluding hydrogens is 254 g/mol. The van der Waals surface area contributed by atoms with Crippen LogP contribution < -0.4 is 5.32 Å². The first-order chi connectivity index (χ1) is 8.35. The van der Waals surface area contributed by atoms with Crippen molar-refractivity contribution in [3.8, 4) is 0 Å². The largest absolute Gasteiger partial charge is 0.478 e. The van der Waals surface area contributed by atoms with Crippen molar-refractivity contribution in [1.82, 2.24) is 0 Å². The summed E-state index contributed by atoms with van der Waals surface area (Å²) >= 11 is 5.78. The third kappa shape index (κ3) is 4.20. The number of aromatic carboxylic acids is 1. The number of carbonyl (C=O) groups is 1. The Kier molecular flexibility index (Phi) is 4.99. The first kappa shape index (κ1) is 14.8. The van der Waals surface area contributed by atoms with Gasteiger partial charge in [0.1, 0.15) is 0 Å². The zero-order chi connectivity index (χ0) is 13.8. The first-order valence-corrected chi connectivity index (χ1v) is 6.14. The molecule has 1 rings (SSSR count). The molecule has 0 spiro atoms. The smallest absolute Gasteiger partial charge is 0.337 e. The minimum atomic E-state index is -1.01. The third-order valence-electron chi connectivity index (χ3n) is 2.45. The molecule has 18 heavy (non-hydrogen) atoms. The molecule has 0 aliphatic carbocycles. The SMILES string of the molecule is CCOC(C)(C)CNc1ccc(Cl)cc1C(=O)O. The summed E-state index contributed by atoms with van der Waals surface area (Å²) in [5, 5.41) is 12.6. The van der Waals surface area contributed by atoms with Crippen molar-refractivity contribution in [2.45, 2.75) is 26.4 Å². The van der Waals surface area contributed by atoms with Gasteiger partial charge in [-0.15, -0.1) is 0 Å². The molecular formula is C13H18ClNO3. The molecule has 1 aromatic carbocycles. The van der Waals surface area contributed by atoms with E-state index in [1.807, 2.05) is 20.8 Å². The van der Waals surface area contributed by atoms with E-state index < -0.39 is 5.97 Å². The first-order valence-electron chi connectivity index (χ1n) is 5.76. The molecule has 0 atom stereocenters. The topological polar surface area (TPSA) is 58.6 Å². The summed E-state index contributed by atoms with van der Waals surface area (Å²) in [6.45, 7) is 6.94. The molecule has 5 heteroatoms. The van der Waals surface area contributed by atoms with Crippen LogP contribution in [0, 0.1) is 0 Å². The lowest BCUT2D eigenvalue weighted by atomic mass is 10.1. The highest BCUT2D eigenvalue weighted by Gasteiger charge is 2.19. The van der Waals surface area contributed by atoms with E-state index in [0.29, 0.717) is 23.9 Å². The minimum Gasteiger partial charge on any atom is -0.478 e. The summed E-state index contributed by atoms with van der Waals surface area (Å²) in [4.78, 5) is 11.1. The zero-order valence-corrected chi connectivity index (χ0v) is 11.5. The molecule has 100 valence electrons. The van der Waals surface area contributed by atoms with Crippen molar-refractivity contribution in [3.05, 3.63) is 28.8 Å². The maximum Gasteiger partial charge on any atom is 0.337 e. The van der Waals surface area contributed by atoms with E-state index in [4.69, 9.17) is 21.4 Å². The van der Waals surface area contributed by atoms with E-state index in [-0.39, 0.29) is 11.2 Å². The van der Waals surface area contributed by atoms with Gasteiger partial charge in [0.05, 0.1) is 11.2 Å². The van der Waals surface area contributed by atoms with Gasteiger partial charge in [0.2, 0.25) is 0 Å². The number of nitrogens with one attached hydrogen (secondary N) is 1. The van der Waals surface area contributed by atoms with E-state index in [1.165, 1.54) is 6.07 Å². The molecule has 0 aliphatic rings. The highest BCUT2D eigenvalue weighted by atomic mass is 35.5. The van der Waals surface area contributed by atoms with Crippen molar-refractivity contribution in [1.29, 1.82) is 0 Å². The third-order valence-corrected chi connectivity index (χ3v) is 2.69. The van der Waals surface area contributed by atoms with Crippen LogP contribution in [0.4, 0.5) is 5.69 Å². The second kappa shape index (κ2) is 6.07. The van der Waals surface area contributed by atoms with Gasteiger partial charge < -0.3 is 15.2 Å². The minimum absolute atomic E-state index is 0.162. The Hall–Kier alpha value is -1.26. The molecule has 0 saturated heterocycles. The predicted molar refractivity (Wildman–Crippen MR) is 72.6 cm³/mol. The Morgan fingerprint density at radius 3 is 2.72 bits per heavy atom. The Morgan fingerprint density at radius 2 is 2.17 bits per heavy atom. The van der Waals surface area contributed by atoms with Crippen LogP contribution in [0.25, 0.3) is 0 Å². The van der Waals surface area contributed by atoms with Crippen LogP contribution in [-0.2, 0) is 4.74 Å². The molecule has 0 radical (unpaired) electrons. The lowest BCUT2D eigenvalue weighted by molar-refractivity contribution is 0.000659. The van der Waals surface area contributed by atoms with Gasteiger partial charge in [0.25, 0.3) is 0 Å². The molecule has 0 fully saturated rings. The number of hydrogen-bond donors (Lipinski definition) is 2. The summed E-state index contributed by atoms with van der Waals surface area (Å²) in [7, 11) is 0. The van der Waals surface area contributed by atoms with E-state index in [2.05, 4.69) is 5.32 Å². The number of hydrogen-bond acceptors (Lipinski definition) is 3. The number of carboxylic acid groups (broad SMARTS) is 1. The van der Waals surface area contributed by atoms with Crippen molar-refractivity contribution in [2.24, 2.45) is 0 Å². The Labute approximate surface area is 112 Å². The zero-order valence-electron chi connectivity index (χ0n) is 10.8. The maximum atomic E-state index is 11.1. The Balaban J connectivity index is 2.82. The van der Waals surface area contributed by atoms with Crippen molar-refractivity contribution in [2.75, 3.05) is 18.5 Å². The lowest BCUT2D eigenvalue weighted by Gasteiger charge is -2.25. The lowest BCUT2D eigenvalue weighted by Crippen LogP contribution is -2.33. The highest BCUT2D eigenvalue weighted by molar-refractivity contribution is 6.31. The van der Waals surface area contributed by atoms with Crippen molar-refractivity contribution >= 4 is 23.3 Å². The van der Waals surface area contributed by atoms with Gasteiger partial charge in [-0.05, 0) is 39.0 Å². The van der Waals surface area contributed by atoms with Crippen LogP contribution in [0.5, 0.6) is 0 Å². The Bertz CT molecular complexity index is 432. The average molecular weight is 272 g/mol. The number of anilines is 1. The molecule has 4 nitrogen and oxygen atoms in total. The standard InChI is InChI=1S/C13H18ClNO3/c1-4-18-13(2,3)8-15-11-6-5-9(14)7-10(11)12(16)17/h5-7,15H,4,8H2,1-3H3,(H,16,17). The summed E-state index contributed by atoms with van der Waals surface area (Å²) < 4.78 is 5.54. The van der Waals surface area contributed by atoms with E-state index >= 15 is 0 Å². The summed E-state index contributed by atoms with van der Waals surface area (Å²) in [6.07, 6.45) is 0. The van der Waals surface area contributed by atoms with Crippen LogP contribution in [0.3, 0.4) is 0 Å². The van der Waals surface area contributed by atoms with E-state index in [9.17, 15) is 4.79 Å². The fourth-order valence-electron chi connectivity index (χ4n) is 1.60. The molecule has 0 unspecified atom stereocenters. The second-order valence-electron chi connectivity index (χ2n) is 4.54. The second-order valence-corrected chi connectivity index (χ2v) is 4.98. The summed E-state index contributed by atoms with van der Waals surface area (Å²) in [5.41, 5.74) is 0.346. The Morgan fingerprint density at radius 1 is 1.50 bits per heavy atom. The number of benzene rings is 1. The predicted octanol–water partition coefficient (Wildman–Crippen LogP) is 3.27. The number of ether oxygens (including phenoxy) is 1. The quantitative estimate of drug-likeness (QED) is 0.834. The normalized spacial score (nSPS) is 11.3. The number of rotatable bonds is 6. The fraction of sp³-hybridized carbons (Fsp3) is 0.462. The van der Waals surface area contributed by atoms with Gasteiger partial charge in [0, 0.05) is 23.9 Å². The van der Waals surface area contributed by atoms with Crippen LogP contribution in [-0.4, -0.2) is 29.8 Å². The van der Waals surface area contributed by atoms with Gasteiger partial charge in [-0.1, -0.05) is 11.6 Å². The summed E-state index contributed by atoms with van der Waals surface area (Å²) in [6, 6.07) is 4.75. The van der Waals surface area contributed by atoms with Crippen LogP contribution >= 0.6 is 11.6 Å².